The number of carbonyl (C=O) groups is 4. The van der Waals surface area contributed by atoms with Crippen LogP contribution in [0.2, 0.25) is 0 Å². The second-order valence-corrected chi connectivity index (χ2v) is 9.81. The zero-order chi connectivity index (χ0) is 31.3. The van der Waals surface area contributed by atoms with Gasteiger partial charge in [-0.05, 0) is 85.1 Å². The van der Waals surface area contributed by atoms with Gasteiger partial charge in [0.25, 0.3) is 0 Å². The number of rotatable bonds is 9. The van der Waals surface area contributed by atoms with Gasteiger partial charge in [-0.1, -0.05) is 50.1 Å². The third kappa shape index (κ3) is 7.51. The lowest BCUT2D eigenvalue weighted by Crippen LogP contribution is -2.13. The molecule has 8 heteroatoms. The Morgan fingerprint density at radius 3 is 1.60 bits per heavy atom. The zero-order valence-corrected chi connectivity index (χ0v) is 23.9. The van der Waals surface area contributed by atoms with Crippen molar-refractivity contribution >= 4 is 34.6 Å². The molecule has 0 aliphatic heterocycles. The Bertz CT molecular complexity index is 1810. The fourth-order valence-corrected chi connectivity index (χ4v) is 3.72. The molecule has 4 aromatic carbocycles. The van der Waals surface area contributed by atoms with Gasteiger partial charge in [-0.15, -0.1) is 0 Å². The van der Waals surface area contributed by atoms with Gasteiger partial charge in [-0.25, -0.2) is 19.2 Å². The largest absolute Gasteiger partial charge is 0.423 e. The summed E-state index contributed by atoms with van der Waals surface area (Å²) in [6.07, 6.45) is 0. The van der Waals surface area contributed by atoms with Crippen molar-refractivity contribution in [3.63, 3.8) is 0 Å². The van der Waals surface area contributed by atoms with Crippen LogP contribution in [-0.4, -0.2) is 23.9 Å². The van der Waals surface area contributed by atoms with Crippen LogP contribution < -0.4 is 18.9 Å². The predicted octanol–water partition coefficient (Wildman–Crippen LogP) is 7.17. The molecule has 43 heavy (non-hydrogen) atoms. The summed E-state index contributed by atoms with van der Waals surface area (Å²) >= 11 is 0. The van der Waals surface area contributed by atoms with Crippen LogP contribution in [0.3, 0.4) is 0 Å². The van der Waals surface area contributed by atoms with Crippen LogP contribution >= 0.6 is 0 Å². The topological polar surface area (TPSA) is 105 Å². The first-order valence-corrected chi connectivity index (χ1v) is 13.0. The minimum atomic E-state index is -0.743. The molecule has 0 aromatic heterocycles. The van der Waals surface area contributed by atoms with Crippen molar-refractivity contribution in [2.45, 2.75) is 20.8 Å². The SMILES string of the molecule is C=C(C)C(=O)Oc1ccc2cc(-c3ccc(C(=O)Oc4ccc(OC(=O)C(=C)C)c(OC(=O)C(=C)C)c4)cc3)ccc2c1. The van der Waals surface area contributed by atoms with Crippen LogP contribution in [-0.2, 0) is 14.4 Å². The summed E-state index contributed by atoms with van der Waals surface area (Å²) in [4.78, 5) is 48.9. The van der Waals surface area contributed by atoms with Crippen molar-refractivity contribution in [2.24, 2.45) is 0 Å². The maximum Gasteiger partial charge on any atom is 0.343 e. The van der Waals surface area contributed by atoms with Gasteiger partial charge < -0.3 is 18.9 Å². The Hall–Kier alpha value is -5.76. The molecular formula is C35H28O8. The highest BCUT2D eigenvalue weighted by molar-refractivity contribution is 5.94. The molecule has 4 rings (SSSR count). The van der Waals surface area contributed by atoms with Crippen LogP contribution in [0.25, 0.3) is 21.9 Å². The highest BCUT2D eigenvalue weighted by Gasteiger charge is 2.18. The molecule has 0 unspecified atom stereocenters. The molecule has 4 aromatic rings. The zero-order valence-electron chi connectivity index (χ0n) is 23.9. The first kappa shape index (κ1) is 30.2. The van der Waals surface area contributed by atoms with Crippen LogP contribution in [0.4, 0.5) is 0 Å². The molecule has 0 amide bonds. The van der Waals surface area contributed by atoms with E-state index in [0.29, 0.717) is 11.3 Å². The van der Waals surface area contributed by atoms with Gasteiger partial charge in [-0.2, -0.15) is 0 Å². The molecule has 0 heterocycles. The molecule has 0 spiro atoms. The molecule has 0 atom stereocenters. The molecule has 216 valence electrons. The summed E-state index contributed by atoms with van der Waals surface area (Å²) in [6, 6.07) is 22.1. The first-order valence-electron chi connectivity index (χ1n) is 13.0. The maximum absolute atomic E-state index is 12.9. The average molecular weight is 577 g/mol. The van der Waals surface area contributed by atoms with E-state index in [1.165, 1.54) is 32.0 Å². The van der Waals surface area contributed by atoms with Crippen molar-refractivity contribution in [2.75, 3.05) is 0 Å². The monoisotopic (exact) mass is 576 g/mol. The van der Waals surface area contributed by atoms with Gasteiger partial charge in [0, 0.05) is 22.8 Å². The van der Waals surface area contributed by atoms with Crippen molar-refractivity contribution in [3.05, 3.63) is 121 Å². The van der Waals surface area contributed by atoms with Crippen molar-refractivity contribution < 1.29 is 38.1 Å². The van der Waals surface area contributed by atoms with E-state index in [9.17, 15) is 19.2 Å². The Balaban J connectivity index is 1.50. The molecule has 0 fully saturated rings. The standard InChI is InChI=1S/C35H28O8/c1-20(2)32(36)40-28-14-13-26-17-25(11-12-27(26)18-28)23-7-9-24(10-8-23)35(39)41-29-15-16-30(42-33(37)21(3)4)31(19-29)43-34(38)22(5)6/h7-19H,1,3,5H2,2,4,6H3. The van der Waals surface area contributed by atoms with Gasteiger partial charge in [0.2, 0.25) is 0 Å². The molecule has 0 saturated carbocycles. The molecule has 0 N–H and O–H groups in total. The fourth-order valence-electron chi connectivity index (χ4n) is 3.72. The van der Waals surface area contributed by atoms with Crippen LogP contribution in [0.1, 0.15) is 31.1 Å². The first-order chi connectivity index (χ1) is 20.4. The lowest BCUT2D eigenvalue weighted by molar-refractivity contribution is -0.132. The Morgan fingerprint density at radius 1 is 0.488 bits per heavy atom. The summed E-state index contributed by atoms with van der Waals surface area (Å²) in [6.45, 7) is 15.2. The molecule has 0 aliphatic rings. The molecule has 0 radical (unpaired) electrons. The minimum absolute atomic E-state index is 0.0498. The van der Waals surface area contributed by atoms with E-state index >= 15 is 0 Å². The summed E-state index contributed by atoms with van der Waals surface area (Å²) in [5.41, 5.74) is 2.66. The van der Waals surface area contributed by atoms with E-state index in [2.05, 4.69) is 19.7 Å². The molecule has 0 bridgehead atoms. The molecule has 0 saturated heterocycles. The average Bonchev–Trinajstić information content (AvgIpc) is 2.97. The van der Waals surface area contributed by atoms with Crippen LogP contribution in [0.5, 0.6) is 23.0 Å². The lowest BCUT2D eigenvalue weighted by atomic mass is 10.00. The summed E-state index contributed by atoms with van der Waals surface area (Å²) in [7, 11) is 0. The van der Waals surface area contributed by atoms with Crippen LogP contribution in [0, 0.1) is 0 Å². The number of benzene rings is 4. The molecule has 0 aliphatic carbocycles. The summed E-state index contributed by atoms with van der Waals surface area (Å²) in [5.74, 6) is -2.26. The Labute approximate surface area is 248 Å². The number of hydrogen-bond acceptors (Lipinski definition) is 8. The summed E-state index contributed by atoms with van der Waals surface area (Å²) in [5, 5.41) is 1.83. The van der Waals surface area contributed by atoms with Gasteiger partial charge in [0.15, 0.2) is 11.5 Å². The van der Waals surface area contributed by atoms with Crippen molar-refractivity contribution in [1.29, 1.82) is 0 Å². The highest BCUT2D eigenvalue weighted by atomic mass is 16.6. The number of ether oxygens (including phenoxy) is 4. The van der Waals surface area contributed by atoms with E-state index in [4.69, 9.17) is 18.9 Å². The second-order valence-electron chi connectivity index (χ2n) is 9.81. The Morgan fingerprint density at radius 2 is 0.977 bits per heavy atom. The van der Waals surface area contributed by atoms with Crippen LogP contribution in [0.15, 0.2) is 115 Å². The van der Waals surface area contributed by atoms with E-state index in [1.54, 1.807) is 43.3 Å². The van der Waals surface area contributed by atoms with Gasteiger partial charge in [-0.3, -0.25) is 0 Å². The van der Waals surface area contributed by atoms with E-state index in [0.717, 1.165) is 21.9 Å². The molecular weight excluding hydrogens is 548 g/mol. The Kier molecular flexibility index (Phi) is 9.01. The smallest absolute Gasteiger partial charge is 0.343 e. The van der Waals surface area contributed by atoms with Crippen molar-refractivity contribution in [1.82, 2.24) is 0 Å². The number of fused-ring (bicyclic) bond motifs is 1. The van der Waals surface area contributed by atoms with Crippen molar-refractivity contribution in [3.8, 4) is 34.1 Å². The summed E-state index contributed by atoms with van der Waals surface area (Å²) < 4.78 is 21.3. The van der Waals surface area contributed by atoms with E-state index < -0.39 is 23.9 Å². The van der Waals surface area contributed by atoms with Gasteiger partial charge in [0.05, 0.1) is 5.56 Å². The van der Waals surface area contributed by atoms with Gasteiger partial charge >= 0.3 is 23.9 Å². The lowest BCUT2D eigenvalue weighted by Gasteiger charge is -2.12. The third-order valence-electron chi connectivity index (χ3n) is 6.05. The maximum atomic E-state index is 12.9. The fraction of sp³-hybridized carbons (Fsp3) is 0.0857. The normalized spacial score (nSPS) is 10.4. The van der Waals surface area contributed by atoms with Gasteiger partial charge in [0.1, 0.15) is 11.5 Å². The predicted molar refractivity (Wildman–Crippen MR) is 162 cm³/mol. The second kappa shape index (κ2) is 12.8. The number of esters is 4. The number of hydrogen-bond donors (Lipinski definition) is 0. The van der Waals surface area contributed by atoms with E-state index in [1.807, 2.05) is 24.3 Å². The molecule has 8 nitrogen and oxygen atoms in total. The number of carbonyl (C=O) groups excluding carboxylic acids is 4. The third-order valence-corrected chi connectivity index (χ3v) is 6.05. The highest BCUT2D eigenvalue weighted by Crippen LogP contribution is 2.33. The van der Waals surface area contributed by atoms with E-state index in [-0.39, 0.29) is 34.0 Å². The minimum Gasteiger partial charge on any atom is -0.423 e. The quantitative estimate of drug-likeness (QED) is 0.117.